The number of hydrogen-bond donors (Lipinski definition) is 1. The van der Waals surface area contributed by atoms with Crippen molar-refractivity contribution in [1.29, 1.82) is 0 Å². The third-order valence-corrected chi connectivity index (χ3v) is 3.32. The highest BCUT2D eigenvalue weighted by Gasteiger charge is 2.26. The molecule has 0 heterocycles. The second-order valence-corrected chi connectivity index (χ2v) is 5.89. The zero-order valence-corrected chi connectivity index (χ0v) is 11.7. The Morgan fingerprint density at radius 3 is 2.35 bits per heavy atom. The summed E-state index contributed by atoms with van der Waals surface area (Å²) in [7, 11) is 0. The number of carbonyl (C=O) groups excluding carboxylic acids is 1. The first-order valence-electron chi connectivity index (χ1n) is 6.90. The van der Waals surface area contributed by atoms with Crippen molar-refractivity contribution >= 4 is 5.97 Å². The quantitative estimate of drug-likeness (QED) is 0.752. The first-order chi connectivity index (χ1) is 7.97. The van der Waals surface area contributed by atoms with Gasteiger partial charge in [0.25, 0.3) is 0 Å². The Morgan fingerprint density at radius 2 is 1.82 bits per heavy atom. The van der Waals surface area contributed by atoms with Crippen LogP contribution < -0.4 is 5.32 Å². The van der Waals surface area contributed by atoms with E-state index in [1.807, 2.05) is 0 Å². The summed E-state index contributed by atoms with van der Waals surface area (Å²) in [6, 6.07) is 0.428. The molecule has 1 fully saturated rings. The van der Waals surface area contributed by atoms with Gasteiger partial charge in [0, 0.05) is 12.6 Å². The lowest BCUT2D eigenvalue weighted by Gasteiger charge is -2.31. The molecule has 1 saturated carbocycles. The molecular weight excluding hydrogens is 214 g/mol. The molecule has 1 rings (SSSR count). The molecule has 1 aliphatic carbocycles. The molecule has 0 aromatic heterocycles. The normalized spacial score (nSPS) is 29.4. The highest BCUT2D eigenvalue weighted by molar-refractivity contribution is 5.69. The van der Waals surface area contributed by atoms with Crippen molar-refractivity contribution in [1.82, 2.24) is 5.32 Å². The van der Waals surface area contributed by atoms with E-state index in [-0.39, 0.29) is 12.1 Å². The Bertz CT molecular complexity index is 230. The fourth-order valence-electron chi connectivity index (χ4n) is 2.68. The van der Waals surface area contributed by atoms with Crippen LogP contribution >= 0.6 is 0 Å². The molecule has 0 spiro atoms. The zero-order chi connectivity index (χ0) is 12.8. The number of nitrogens with one attached hydrogen (secondary N) is 1. The van der Waals surface area contributed by atoms with Gasteiger partial charge in [-0.05, 0) is 31.1 Å². The maximum Gasteiger partial charge on any atom is 0.307 e. The number of carbonyl (C=O) groups is 1. The van der Waals surface area contributed by atoms with Gasteiger partial charge in [0.1, 0.15) is 6.10 Å². The highest BCUT2D eigenvalue weighted by atomic mass is 16.5. The van der Waals surface area contributed by atoms with Gasteiger partial charge in [-0.2, -0.15) is 0 Å². The summed E-state index contributed by atoms with van der Waals surface area (Å²) >= 11 is 0. The Hall–Kier alpha value is -0.570. The van der Waals surface area contributed by atoms with Gasteiger partial charge >= 0.3 is 5.97 Å². The van der Waals surface area contributed by atoms with Crippen LogP contribution in [0.4, 0.5) is 0 Å². The monoisotopic (exact) mass is 241 g/mol. The lowest BCUT2D eigenvalue weighted by atomic mass is 9.82. The summed E-state index contributed by atoms with van der Waals surface area (Å²) in [4.78, 5) is 11.6. The molecule has 2 unspecified atom stereocenters. The maximum atomic E-state index is 11.6. The van der Waals surface area contributed by atoms with E-state index in [1.165, 1.54) is 6.42 Å². The van der Waals surface area contributed by atoms with Crippen molar-refractivity contribution in [2.75, 3.05) is 6.54 Å². The largest absolute Gasteiger partial charge is 0.462 e. The second-order valence-electron chi connectivity index (χ2n) is 5.89. The second kappa shape index (κ2) is 7.00. The Kier molecular flexibility index (Phi) is 5.96. The van der Waals surface area contributed by atoms with Gasteiger partial charge in [-0.3, -0.25) is 4.79 Å². The molecule has 2 atom stereocenters. The number of esters is 1. The minimum atomic E-state index is -0.0514. The fourth-order valence-corrected chi connectivity index (χ4v) is 2.68. The molecule has 0 saturated heterocycles. The first kappa shape index (κ1) is 14.5. The van der Waals surface area contributed by atoms with Gasteiger partial charge in [0.15, 0.2) is 0 Å². The number of hydrogen-bond acceptors (Lipinski definition) is 3. The summed E-state index contributed by atoms with van der Waals surface area (Å²) in [6.45, 7) is 9.37. The fraction of sp³-hybridized carbons (Fsp3) is 0.929. The van der Waals surface area contributed by atoms with Gasteiger partial charge < -0.3 is 10.1 Å². The Balaban J connectivity index is 2.21. The van der Waals surface area contributed by atoms with Crippen molar-refractivity contribution < 1.29 is 9.53 Å². The first-order valence-corrected chi connectivity index (χ1v) is 6.90. The van der Waals surface area contributed by atoms with Crippen LogP contribution in [0, 0.1) is 11.8 Å². The Labute approximate surface area is 105 Å². The van der Waals surface area contributed by atoms with E-state index in [2.05, 4.69) is 33.0 Å². The van der Waals surface area contributed by atoms with Crippen LogP contribution in [0.2, 0.25) is 0 Å². The third kappa shape index (κ3) is 6.06. The molecule has 0 aromatic carbocycles. The van der Waals surface area contributed by atoms with Crippen LogP contribution in [0.25, 0.3) is 0 Å². The van der Waals surface area contributed by atoms with Gasteiger partial charge in [0.05, 0.1) is 6.42 Å². The van der Waals surface area contributed by atoms with Gasteiger partial charge in [0.2, 0.25) is 0 Å². The molecule has 100 valence electrons. The Morgan fingerprint density at radius 1 is 1.24 bits per heavy atom. The molecule has 17 heavy (non-hydrogen) atoms. The summed E-state index contributed by atoms with van der Waals surface area (Å²) in [6.07, 6.45) is 3.97. The van der Waals surface area contributed by atoms with E-state index in [0.29, 0.717) is 30.8 Å². The predicted molar refractivity (Wildman–Crippen MR) is 69.8 cm³/mol. The van der Waals surface area contributed by atoms with Gasteiger partial charge in [-0.1, -0.05) is 27.7 Å². The molecule has 0 aliphatic heterocycles. The average molecular weight is 241 g/mol. The standard InChI is InChI=1S/C14H27NO2/c1-10(2)15-6-5-14(16)17-13-8-11(3)7-12(4)9-13/h10-13,15H,5-9H2,1-4H3. The van der Waals surface area contributed by atoms with Gasteiger partial charge in [-0.15, -0.1) is 0 Å². The van der Waals surface area contributed by atoms with E-state index in [1.54, 1.807) is 0 Å². The predicted octanol–water partition coefficient (Wildman–Crippen LogP) is 2.74. The molecule has 3 heteroatoms. The molecule has 0 aromatic rings. The van der Waals surface area contributed by atoms with E-state index < -0.39 is 0 Å². The summed E-state index contributed by atoms with van der Waals surface area (Å²) in [5.41, 5.74) is 0. The number of rotatable bonds is 5. The molecule has 1 aliphatic rings. The summed E-state index contributed by atoms with van der Waals surface area (Å²) < 4.78 is 5.54. The van der Waals surface area contributed by atoms with E-state index in [0.717, 1.165) is 12.8 Å². The van der Waals surface area contributed by atoms with E-state index in [4.69, 9.17) is 4.74 Å². The molecule has 0 amide bonds. The van der Waals surface area contributed by atoms with Crippen LogP contribution in [0.3, 0.4) is 0 Å². The van der Waals surface area contributed by atoms with E-state index >= 15 is 0 Å². The summed E-state index contributed by atoms with van der Waals surface area (Å²) in [5.74, 6) is 1.32. The molecule has 1 N–H and O–H groups in total. The van der Waals surface area contributed by atoms with Crippen LogP contribution in [-0.2, 0) is 9.53 Å². The molecule has 0 bridgehead atoms. The van der Waals surface area contributed by atoms with Crippen molar-refractivity contribution in [3.63, 3.8) is 0 Å². The lowest BCUT2D eigenvalue weighted by Crippen LogP contribution is -2.30. The van der Waals surface area contributed by atoms with Crippen molar-refractivity contribution in [2.24, 2.45) is 11.8 Å². The molecule has 0 radical (unpaired) electrons. The van der Waals surface area contributed by atoms with Crippen molar-refractivity contribution in [2.45, 2.75) is 65.5 Å². The van der Waals surface area contributed by atoms with E-state index in [9.17, 15) is 4.79 Å². The van der Waals surface area contributed by atoms with Crippen LogP contribution in [-0.4, -0.2) is 24.7 Å². The SMILES string of the molecule is CC1CC(C)CC(OC(=O)CCNC(C)C)C1. The smallest absolute Gasteiger partial charge is 0.307 e. The van der Waals surface area contributed by atoms with Crippen LogP contribution in [0.1, 0.15) is 53.4 Å². The molecule has 3 nitrogen and oxygen atoms in total. The zero-order valence-electron chi connectivity index (χ0n) is 11.7. The minimum Gasteiger partial charge on any atom is -0.462 e. The van der Waals surface area contributed by atoms with Crippen LogP contribution in [0.15, 0.2) is 0 Å². The highest BCUT2D eigenvalue weighted by Crippen LogP contribution is 2.30. The van der Waals surface area contributed by atoms with Crippen molar-refractivity contribution in [3.05, 3.63) is 0 Å². The average Bonchev–Trinajstić information content (AvgIpc) is 2.14. The van der Waals surface area contributed by atoms with Crippen molar-refractivity contribution in [3.8, 4) is 0 Å². The van der Waals surface area contributed by atoms with Gasteiger partial charge in [-0.25, -0.2) is 0 Å². The number of ether oxygens (including phenoxy) is 1. The third-order valence-electron chi connectivity index (χ3n) is 3.32. The molecular formula is C14H27NO2. The maximum absolute atomic E-state index is 11.6. The topological polar surface area (TPSA) is 38.3 Å². The summed E-state index contributed by atoms with van der Waals surface area (Å²) in [5, 5.41) is 3.23. The minimum absolute atomic E-state index is 0.0514. The lowest BCUT2D eigenvalue weighted by molar-refractivity contribution is -0.151. The van der Waals surface area contributed by atoms with Crippen LogP contribution in [0.5, 0.6) is 0 Å².